The van der Waals surface area contributed by atoms with E-state index in [0.717, 1.165) is 37.6 Å². The number of hydrogen-bond acceptors (Lipinski definition) is 3. The van der Waals surface area contributed by atoms with Crippen molar-refractivity contribution >= 4 is 23.4 Å². The number of fused-ring (bicyclic) bond motifs is 2. The average Bonchev–Trinajstić information content (AvgIpc) is 3.07. The van der Waals surface area contributed by atoms with Crippen molar-refractivity contribution in [2.24, 2.45) is 0 Å². The molecule has 4 aromatic rings. The summed E-state index contributed by atoms with van der Waals surface area (Å²) in [7, 11) is 0. The lowest BCUT2D eigenvalue weighted by atomic mass is 9.94. The summed E-state index contributed by atoms with van der Waals surface area (Å²) < 4.78 is 0. The van der Waals surface area contributed by atoms with E-state index in [2.05, 4.69) is 107 Å². The fourth-order valence-corrected chi connectivity index (χ4v) is 6.89. The van der Waals surface area contributed by atoms with Gasteiger partial charge in [0.15, 0.2) is 0 Å². The number of rotatable bonds is 4. The third-order valence-corrected chi connectivity index (χ3v) is 8.77. The number of nitrogens with zero attached hydrogens (tertiary/aromatic N) is 2. The fourth-order valence-electron chi connectivity index (χ4n) is 5.60. The number of halogens is 1. The smallest absolute Gasteiger partial charge is 0.0602 e. The van der Waals surface area contributed by atoms with Crippen LogP contribution in [0.4, 0.5) is 0 Å². The van der Waals surface area contributed by atoms with Crippen LogP contribution in [0.2, 0.25) is 5.02 Å². The summed E-state index contributed by atoms with van der Waals surface area (Å²) >= 11 is 8.39. The molecule has 0 aromatic heterocycles. The zero-order valence-electron chi connectivity index (χ0n) is 19.7. The third kappa shape index (κ3) is 4.79. The predicted octanol–water partition coefficient (Wildman–Crippen LogP) is 7.50. The topological polar surface area (TPSA) is 6.48 Å². The van der Waals surface area contributed by atoms with Crippen LogP contribution in [0.25, 0.3) is 0 Å². The maximum atomic E-state index is 6.51. The lowest BCUT2D eigenvalue weighted by molar-refractivity contribution is 0.0773. The molecule has 6 rings (SSSR count). The first-order valence-electron chi connectivity index (χ1n) is 12.4. The van der Waals surface area contributed by atoms with Crippen molar-refractivity contribution in [3.05, 3.63) is 130 Å². The van der Waals surface area contributed by atoms with E-state index in [-0.39, 0.29) is 6.04 Å². The van der Waals surface area contributed by atoms with Gasteiger partial charge in [0.2, 0.25) is 0 Å². The van der Waals surface area contributed by atoms with Gasteiger partial charge in [-0.3, -0.25) is 9.80 Å². The Morgan fingerprint density at radius 1 is 0.686 bits per heavy atom. The molecule has 0 aliphatic carbocycles. The van der Waals surface area contributed by atoms with Gasteiger partial charge < -0.3 is 0 Å². The zero-order valence-corrected chi connectivity index (χ0v) is 21.3. The molecule has 4 aromatic carbocycles. The summed E-state index contributed by atoms with van der Waals surface area (Å²) in [6.07, 6.45) is 1.03. The van der Waals surface area contributed by atoms with E-state index >= 15 is 0 Å². The van der Waals surface area contributed by atoms with Gasteiger partial charge in [0.1, 0.15) is 0 Å². The number of hydrogen-bond donors (Lipinski definition) is 0. The summed E-state index contributed by atoms with van der Waals surface area (Å²) in [6, 6.07) is 37.8. The quantitative estimate of drug-likeness (QED) is 0.289. The summed E-state index contributed by atoms with van der Waals surface area (Å²) in [5, 5.41) is 0.826. The zero-order chi connectivity index (χ0) is 23.6. The molecule has 1 atom stereocenters. The highest BCUT2D eigenvalue weighted by molar-refractivity contribution is 7.99. The SMILES string of the molecule is Clc1ccc2c(c1)[C@@H](N1CCN(C(c3ccccc3)c3ccccc3)CC1)Cc1ccccc1S2. The van der Waals surface area contributed by atoms with Gasteiger partial charge in [-0.15, -0.1) is 0 Å². The van der Waals surface area contributed by atoms with Crippen LogP contribution in [0, 0.1) is 0 Å². The van der Waals surface area contributed by atoms with Gasteiger partial charge >= 0.3 is 0 Å². The summed E-state index contributed by atoms with van der Waals surface area (Å²) in [4.78, 5) is 8.03. The molecule has 1 saturated heterocycles. The Bertz CT molecular complexity index is 1250. The Balaban J connectivity index is 1.28. The van der Waals surface area contributed by atoms with Crippen LogP contribution in [-0.2, 0) is 6.42 Å². The molecule has 0 spiro atoms. The van der Waals surface area contributed by atoms with Crippen LogP contribution in [0.5, 0.6) is 0 Å². The first kappa shape index (κ1) is 22.9. The highest BCUT2D eigenvalue weighted by Gasteiger charge is 2.32. The summed E-state index contributed by atoms with van der Waals surface area (Å²) in [5.74, 6) is 0. The minimum atomic E-state index is 0.284. The Labute approximate surface area is 217 Å². The second-order valence-corrected chi connectivity index (χ2v) is 10.9. The highest BCUT2D eigenvalue weighted by Crippen LogP contribution is 2.44. The maximum absolute atomic E-state index is 6.51. The molecule has 35 heavy (non-hydrogen) atoms. The fraction of sp³-hybridized carbons (Fsp3) is 0.226. The lowest BCUT2D eigenvalue weighted by Crippen LogP contribution is -2.49. The van der Waals surface area contributed by atoms with Gasteiger partial charge in [0, 0.05) is 47.0 Å². The highest BCUT2D eigenvalue weighted by atomic mass is 35.5. The minimum absolute atomic E-state index is 0.284. The Morgan fingerprint density at radius 3 is 2.00 bits per heavy atom. The minimum Gasteiger partial charge on any atom is -0.293 e. The van der Waals surface area contributed by atoms with E-state index in [4.69, 9.17) is 11.6 Å². The van der Waals surface area contributed by atoms with Crippen LogP contribution in [0.1, 0.15) is 34.3 Å². The van der Waals surface area contributed by atoms with Crippen molar-refractivity contribution in [1.82, 2.24) is 9.80 Å². The van der Waals surface area contributed by atoms with E-state index in [1.54, 1.807) is 0 Å². The second kappa shape index (κ2) is 10.2. The van der Waals surface area contributed by atoms with Crippen LogP contribution < -0.4 is 0 Å². The van der Waals surface area contributed by atoms with Crippen LogP contribution in [-0.4, -0.2) is 36.0 Å². The first-order valence-corrected chi connectivity index (χ1v) is 13.6. The van der Waals surface area contributed by atoms with Crippen molar-refractivity contribution in [3.8, 4) is 0 Å². The third-order valence-electron chi connectivity index (χ3n) is 7.32. The van der Waals surface area contributed by atoms with Gasteiger partial charge in [0.05, 0.1) is 6.04 Å². The molecule has 2 aliphatic rings. The Kier molecular flexibility index (Phi) is 6.67. The largest absolute Gasteiger partial charge is 0.293 e. The second-order valence-electron chi connectivity index (χ2n) is 9.41. The van der Waals surface area contributed by atoms with E-state index in [9.17, 15) is 0 Å². The molecule has 0 unspecified atom stereocenters. The molecule has 2 heterocycles. The predicted molar refractivity (Wildman–Crippen MR) is 146 cm³/mol. The molecular formula is C31H29ClN2S. The molecule has 2 nitrogen and oxygen atoms in total. The van der Waals surface area contributed by atoms with E-state index in [0.29, 0.717) is 6.04 Å². The Hall–Kier alpha value is -2.56. The van der Waals surface area contributed by atoms with E-state index < -0.39 is 0 Å². The monoisotopic (exact) mass is 496 g/mol. The van der Waals surface area contributed by atoms with Gasteiger partial charge in [-0.05, 0) is 52.9 Å². The Morgan fingerprint density at radius 2 is 1.31 bits per heavy atom. The van der Waals surface area contributed by atoms with Crippen molar-refractivity contribution in [1.29, 1.82) is 0 Å². The number of benzene rings is 4. The van der Waals surface area contributed by atoms with Crippen molar-refractivity contribution in [2.75, 3.05) is 26.2 Å². The molecule has 0 saturated carbocycles. The lowest BCUT2D eigenvalue weighted by Gasteiger charge is -2.43. The summed E-state index contributed by atoms with van der Waals surface area (Å²) in [5.41, 5.74) is 5.53. The molecular weight excluding hydrogens is 468 g/mol. The van der Waals surface area contributed by atoms with Gasteiger partial charge in [-0.1, -0.05) is 102 Å². The molecule has 0 radical (unpaired) electrons. The first-order chi connectivity index (χ1) is 17.3. The van der Waals surface area contributed by atoms with Crippen molar-refractivity contribution in [2.45, 2.75) is 28.3 Å². The van der Waals surface area contributed by atoms with Gasteiger partial charge in [-0.2, -0.15) is 0 Å². The van der Waals surface area contributed by atoms with Gasteiger partial charge in [-0.25, -0.2) is 0 Å². The molecule has 176 valence electrons. The van der Waals surface area contributed by atoms with Crippen LogP contribution in [0.3, 0.4) is 0 Å². The van der Waals surface area contributed by atoms with E-state index in [1.807, 2.05) is 17.8 Å². The molecule has 4 heteroatoms. The van der Waals surface area contributed by atoms with Crippen LogP contribution in [0.15, 0.2) is 113 Å². The average molecular weight is 497 g/mol. The normalized spacial score (nSPS) is 18.6. The standard InChI is InChI=1S/C31H29ClN2S/c32-26-15-16-30-27(22-26)28(21-25-13-7-8-14-29(25)35-30)33-17-19-34(20-18-33)31(23-9-3-1-4-10-23)24-11-5-2-6-12-24/h1-16,22,28,31H,17-21H2/t28-/m0/s1. The van der Waals surface area contributed by atoms with E-state index in [1.165, 1.54) is 32.0 Å². The van der Waals surface area contributed by atoms with Crippen molar-refractivity contribution < 1.29 is 0 Å². The molecule has 1 fully saturated rings. The molecule has 0 N–H and O–H groups in total. The maximum Gasteiger partial charge on any atom is 0.0602 e. The molecule has 0 bridgehead atoms. The van der Waals surface area contributed by atoms with Crippen LogP contribution >= 0.6 is 23.4 Å². The molecule has 2 aliphatic heterocycles. The molecule has 0 amide bonds. The summed E-state index contributed by atoms with van der Waals surface area (Å²) in [6.45, 7) is 4.16. The van der Waals surface area contributed by atoms with Gasteiger partial charge in [0.25, 0.3) is 0 Å². The number of piperazine rings is 1. The van der Waals surface area contributed by atoms with Crippen molar-refractivity contribution in [3.63, 3.8) is 0 Å².